The number of nitrogens with zero attached hydrogens (tertiary/aromatic N) is 1. The summed E-state index contributed by atoms with van der Waals surface area (Å²) in [5.41, 5.74) is 4.53. The summed E-state index contributed by atoms with van der Waals surface area (Å²) in [5, 5.41) is 2.36. The molecule has 0 bridgehead atoms. The number of fused-ring (bicyclic) bond motifs is 3. The molecule has 104 valence electrons. The third kappa shape index (κ3) is 2.22. The lowest BCUT2D eigenvalue weighted by Gasteiger charge is -2.03. The van der Waals surface area contributed by atoms with Gasteiger partial charge in [-0.2, -0.15) is 0 Å². The van der Waals surface area contributed by atoms with Gasteiger partial charge >= 0.3 is 0 Å². The van der Waals surface area contributed by atoms with E-state index in [4.69, 9.17) is 19.3 Å². The second-order valence-electron chi connectivity index (χ2n) is 5.26. The van der Waals surface area contributed by atoms with Crippen LogP contribution in [0, 0.1) is 37.0 Å². The van der Waals surface area contributed by atoms with E-state index in [-0.39, 0.29) is 0 Å². The summed E-state index contributed by atoms with van der Waals surface area (Å²) >= 11 is 0. The normalized spacial score (nSPS) is 10.2. The molecule has 3 rings (SSSR count). The summed E-state index contributed by atoms with van der Waals surface area (Å²) in [6.07, 6.45) is 17.6. The van der Waals surface area contributed by atoms with Crippen LogP contribution in [0.4, 0.5) is 0 Å². The van der Waals surface area contributed by atoms with Crippen LogP contribution in [0.15, 0.2) is 36.4 Å². The van der Waals surface area contributed by atoms with Crippen molar-refractivity contribution in [2.24, 2.45) is 0 Å². The third-order valence-corrected chi connectivity index (χ3v) is 3.86. The molecule has 0 aliphatic carbocycles. The van der Waals surface area contributed by atoms with E-state index in [0.717, 1.165) is 22.2 Å². The second-order valence-corrected chi connectivity index (χ2v) is 5.26. The topological polar surface area (TPSA) is 4.93 Å². The summed E-state index contributed by atoms with van der Waals surface area (Å²) < 4.78 is 2.16. The van der Waals surface area contributed by atoms with E-state index in [1.807, 2.05) is 0 Å². The van der Waals surface area contributed by atoms with Gasteiger partial charge < -0.3 is 4.57 Å². The minimum Gasteiger partial charge on any atom is -0.329 e. The van der Waals surface area contributed by atoms with Gasteiger partial charge in [0.25, 0.3) is 0 Å². The summed E-state index contributed by atoms with van der Waals surface area (Å²) in [5.74, 6) is 8.12. The van der Waals surface area contributed by atoms with Crippen LogP contribution in [0.25, 0.3) is 21.8 Å². The molecule has 0 fully saturated rings. The van der Waals surface area contributed by atoms with Gasteiger partial charge in [-0.25, -0.2) is 0 Å². The Morgan fingerprint density at radius 3 is 1.64 bits per heavy atom. The minimum atomic E-state index is 0.545. The van der Waals surface area contributed by atoms with Gasteiger partial charge in [0.15, 0.2) is 0 Å². The van der Waals surface area contributed by atoms with Crippen molar-refractivity contribution in [3.05, 3.63) is 47.5 Å². The first kappa shape index (κ1) is 13.9. The smallest absolute Gasteiger partial charge is 0.0841 e. The largest absolute Gasteiger partial charge is 0.329 e. The molecule has 0 saturated carbocycles. The van der Waals surface area contributed by atoms with E-state index in [0.29, 0.717) is 19.4 Å². The van der Waals surface area contributed by atoms with Crippen molar-refractivity contribution in [3.63, 3.8) is 0 Å². The molecule has 0 amide bonds. The van der Waals surface area contributed by atoms with Crippen LogP contribution >= 0.6 is 0 Å². The first-order chi connectivity index (χ1) is 10.8. The summed E-state index contributed by atoms with van der Waals surface area (Å²) in [4.78, 5) is 0. The molecule has 1 aromatic heterocycles. The number of benzene rings is 2. The standard InChI is InChI=1S/C21H15N/c1-4-7-16-9-11-20-18(14-16)19-15-17(8-5-2)10-12-21(19)22(20)13-6-3/h1-3,9-12,14-15H,7-8,13H2. The highest BCUT2D eigenvalue weighted by molar-refractivity contribution is 6.08. The van der Waals surface area contributed by atoms with Crippen molar-refractivity contribution in [3.8, 4) is 37.0 Å². The van der Waals surface area contributed by atoms with Gasteiger partial charge in [-0.3, -0.25) is 0 Å². The van der Waals surface area contributed by atoms with Gasteiger partial charge in [-0.1, -0.05) is 18.1 Å². The lowest BCUT2D eigenvalue weighted by molar-refractivity contribution is 0.923. The van der Waals surface area contributed by atoms with Gasteiger partial charge in [0, 0.05) is 34.6 Å². The maximum absolute atomic E-state index is 5.53. The van der Waals surface area contributed by atoms with Gasteiger partial charge in [0.05, 0.1) is 6.54 Å². The number of hydrogen-bond donors (Lipinski definition) is 0. The number of hydrogen-bond acceptors (Lipinski definition) is 0. The van der Waals surface area contributed by atoms with Gasteiger partial charge in [0.2, 0.25) is 0 Å². The lowest BCUT2D eigenvalue weighted by atomic mass is 10.0. The number of aromatic nitrogens is 1. The molecule has 0 atom stereocenters. The van der Waals surface area contributed by atoms with Crippen molar-refractivity contribution in [2.45, 2.75) is 19.4 Å². The Morgan fingerprint density at radius 1 is 0.727 bits per heavy atom. The maximum Gasteiger partial charge on any atom is 0.0841 e. The first-order valence-corrected chi connectivity index (χ1v) is 7.12. The fourth-order valence-electron chi connectivity index (χ4n) is 2.92. The van der Waals surface area contributed by atoms with E-state index in [1.54, 1.807) is 0 Å². The molecule has 0 N–H and O–H groups in total. The van der Waals surface area contributed by atoms with E-state index in [1.165, 1.54) is 10.8 Å². The average Bonchev–Trinajstić information content (AvgIpc) is 2.82. The average molecular weight is 281 g/mol. The molecule has 0 aliphatic rings. The van der Waals surface area contributed by atoms with Crippen molar-refractivity contribution >= 4 is 21.8 Å². The van der Waals surface area contributed by atoms with Gasteiger partial charge in [0.1, 0.15) is 0 Å². The molecule has 1 heterocycles. The first-order valence-electron chi connectivity index (χ1n) is 7.12. The zero-order valence-electron chi connectivity index (χ0n) is 12.3. The molecule has 22 heavy (non-hydrogen) atoms. The van der Waals surface area contributed by atoms with E-state index in [9.17, 15) is 0 Å². The maximum atomic E-state index is 5.53. The highest BCUT2D eigenvalue weighted by Gasteiger charge is 2.11. The molecule has 0 spiro atoms. The quantitative estimate of drug-likeness (QED) is 0.644. The lowest BCUT2D eigenvalue weighted by Crippen LogP contribution is -1.94. The summed E-state index contributed by atoms with van der Waals surface area (Å²) in [6.45, 7) is 0.545. The summed E-state index contributed by atoms with van der Waals surface area (Å²) in [6, 6.07) is 12.6. The van der Waals surface area contributed by atoms with E-state index < -0.39 is 0 Å². The molecule has 1 heteroatoms. The molecule has 2 aromatic carbocycles. The van der Waals surface area contributed by atoms with E-state index in [2.05, 4.69) is 58.7 Å². The Balaban J connectivity index is 2.35. The van der Waals surface area contributed by atoms with Gasteiger partial charge in [-0.15, -0.1) is 31.1 Å². The van der Waals surface area contributed by atoms with Crippen molar-refractivity contribution in [1.29, 1.82) is 0 Å². The monoisotopic (exact) mass is 281 g/mol. The van der Waals surface area contributed by atoms with E-state index >= 15 is 0 Å². The second kappa shape index (κ2) is 5.73. The van der Waals surface area contributed by atoms with Crippen LogP contribution < -0.4 is 0 Å². The number of rotatable bonds is 3. The minimum absolute atomic E-state index is 0.545. The molecular formula is C21H15N. The van der Waals surface area contributed by atoms with Crippen LogP contribution in [0.1, 0.15) is 11.1 Å². The fourth-order valence-corrected chi connectivity index (χ4v) is 2.92. The van der Waals surface area contributed by atoms with Crippen molar-refractivity contribution < 1.29 is 0 Å². The Bertz CT molecular complexity index is 908. The van der Waals surface area contributed by atoms with Crippen molar-refractivity contribution in [2.75, 3.05) is 0 Å². The Hall–Kier alpha value is -3.08. The highest BCUT2D eigenvalue weighted by Crippen LogP contribution is 2.30. The SMILES string of the molecule is C#CCc1ccc2c(c1)c1cc(CC#C)ccc1n2CC#C. The highest BCUT2D eigenvalue weighted by atomic mass is 15.0. The molecule has 0 unspecified atom stereocenters. The molecule has 1 nitrogen and oxygen atoms in total. The molecule has 3 aromatic rings. The Kier molecular flexibility index (Phi) is 3.62. The molecule has 0 radical (unpaired) electrons. The predicted molar refractivity (Wildman–Crippen MR) is 93.4 cm³/mol. The van der Waals surface area contributed by atoms with Crippen LogP contribution in [0.3, 0.4) is 0 Å². The Labute approximate surface area is 130 Å². The zero-order valence-corrected chi connectivity index (χ0v) is 12.3. The fraction of sp³-hybridized carbons (Fsp3) is 0.143. The van der Waals surface area contributed by atoms with Crippen molar-refractivity contribution in [1.82, 2.24) is 4.57 Å². The summed E-state index contributed by atoms with van der Waals surface area (Å²) in [7, 11) is 0. The third-order valence-electron chi connectivity index (χ3n) is 3.86. The predicted octanol–water partition coefficient (Wildman–Crippen LogP) is 3.78. The molecule has 0 aliphatic heterocycles. The zero-order chi connectivity index (χ0) is 15.5. The number of terminal acetylenes is 3. The van der Waals surface area contributed by atoms with Crippen LogP contribution in [0.5, 0.6) is 0 Å². The Morgan fingerprint density at radius 2 is 1.23 bits per heavy atom. The van der Waals surface area contributed by atoms with Crippen LogP contribution in [-0.4, -0.2) is 4.57 Å². The van der Waals surface area contributed by atoms with Gasteiger partial charge in [-0.05, 0) is 35.4 Å². The molecule has 0 saturated heterocycles. The van der Waals surface area contributed by atoms with Crippen LogP contribution in [0.2, 0.25) is 0 Å². The molecular weight excluding hydrogens is 266 g/mol. The van der Waals surface area contributed by atoms with Crippen LogP contribution in [-0.2, 0) is 19.4 Å².